The summed E-state index contributed by atoms with van der Waals surface area (Å²) in [5.74, 6) is -1.12. The second-order valence-corrected chi connectivity index (χ2v) is 4.30. The highest BCUT2D eigenvalue weighted by molar-refractivity contribution is 5.52. The van der Waals surface area contributed by atoms with Gasteiger partial charge in [-0.05, 0) is 19.3 Å². The number of pyridine rings is 1. The van der Waals surface area contributed by atoms with Crippen molar-refractivity contribution in [1.29, 1.82) is 0 Å². The minimum atomic E-state index is -3.15. The predicted octanol–water partition coefficient (Wildman–Crippen LogP) is 3.27. The lowest BCUT2D eigenvalue weighted by Gasteiger charge is -2.28. The fraction of sp³-hybridized carbons (Fsp3) is 0.583. The van der Waals surface area contributed by atoms with Crippen LogP contribution in [0.15, 0.2) is 12.3 Å². The standard InChI is InChI=1S/C12H14F4N2O2/c13-11(14)19-9-6-8(18-4-2-1-3-5-18)7-17-10(9)20-12(15)16/h6-7,11-12H,1-5H2. The number of anilines is 1. The maximum absolute atomic E-state index is 12.3. The molecule has 0 atom stereocenters. The summed E-state index contributed by atoms with van der Waals surface area (Å²) in [5.41, 5.74) is 0.557. The van der Waals surface area contributed by atoms with E-state index in [1.54, 1.807) is 0 Å². The molecule has 0 unspecified atom stereocenters. The molecule has 0 radical (unpaired) electrons. The summed E-state index contributed by atoms with van der Waals surface area (Å²) in [4.78, 5) is 5.59. The monoisotopic (exact) mass is 294 g/mol. The van der Waals surface area contributed by atoms with Gasteiger partial charge in [0.2, 0.25) is 0 Å². The van der Waals surface area contributed by atoms with Crippen LogP contribution in [0.2, 0.25) is 0 Å². The summed E-state index contributed by atoms with van der Waals surface area (Å²) < 4.78 is 57.2. The van der Waals surface area contributed by atoms with Gasteiger partial charge in [0, 0.05) is 19.2 Å². The molecule has 1 fully saturated rings. The smallest absolute Gasteiger partial charge is 0.388 e. The Morgan fingerprint density at radius 3 is 2.25 bits per heavy atom. The van der Waals surface area contributed by atoms with E-state index in [0.29, 0.717) is 5.69 Å². The van der Waals surface area contributed by atoms with Crippen LogP contribution in [-0.2, 0) is 0 Å². The quantitative estimate of drug-likeness (QED) is 0.781. The van der Waals surface area contributed by atoms with Gasteiger partial charge < -0.3 is 14.4 Å². The fourth-order valence-corrected chi connectivity index (χ4v) is 2.10. The minimum absolute atomic E-state index is 0.483. The summed E-state index contributed by atoms with van der Waals surface area (Å²) in [6.45, 7) is -4.74. The summed E-state index contributed by atoms with van der Waals surface area (Å²) in [5, 5.41) is 0. The number of alkyl halides is 4. The Hall–Kier alpha value is -1.73. The minimum Gasteiger partial charge on any atom is -0.429 e. The Morgan fingerprint density at radius 1 is 1.00 bits per heavy atom. The van der Waals surface area contributed by atoms with Gasteiger partial charge in [0.1, 0.15) is 0 Å². The number of ether oxygens (including phenoxy) is 2. The number of halogens is 4. The zero-order valence-electron chi connectivity index (χ0n) is 10.6. The van der Waals surface area contributed by atoms with Gasteiger partial charge >= 0.3 is 13.2 Å². The lowest BCUT2D eigenvalue weighted by atomic mass is 10.1. The largest absolute Gasteiger partial charge is 0.429 e. The summed E-state index contributed by atoms with van der Waals surface area (Å²) in [7, 11) is 0. The third kappa shape index (κ3) is 3.88. The Morgan fingerprint density at radius 2 is 1.65 bits per heavy atom. The van der Waals surface area contributed by atoms with E-state index in [1.807, 2.05) is 4.90 Å². The molecule has 0 aliphatic carbocycles. The van der Waals surface area contributed by atoms with Gasteiger partial charge in [0.15, 0.2) is 5.75 Å². The molecule has 1 aliphatic heterocycles. The fourth-order valence-electron chi connectivity index (χ4n) is 2.10. The molecule has 20 heavy (non-hydrogen) atoms. The molecule has 1 saturated heterocycles. The first-order valence-corrected chi connectivity index (χ1v) is 6.21. The van der Waals surface area contributed by atoms with E-state index in [0.717, 1.165) is 32.4 Å². The van der Waals surface area contributed by atoms with E-state index in [4.69, 9.17) is 0 Å². The van der Waals surface area contributed by atoms with Crippen LogP contribution in [-0.4, -0.2) is 31.3 Å². The summed E-state index contributed by atoms with van der Waals surface area (Å²) in [6, 6.07) is 1.25. The molecular weight excluding hydrogens is 280 g/mol. The van der Waals surface area contributed by atoms with Crippen LogP contribution in [0.1, 0.15) is 19.3 Å². The van der Waals surface area contributed by atoms with Crippen molar-refractivity contribution in [3.63, 3.8) is 0 Å². The van der Waals surface area contributed by atoms with Crippen molar-refractivity contribution in [3.05, 3.63) is 12.3 Å². The maximum Gasteiger partial charge on any atom is 0.388 e. The molecule has 0 N–H and O–H groups in total. The molecule has 8 heteroatoms. The van der Waals surface area contributed by atoms with Crippen molar-refractivity contribution in [2.45, 2.75) is 32.5 Å². The second kappa shape index (κ2) is 6.62. The average molecular weight is 294 g/mol. The highest BCUT2D eigenvalue weighted by Crippen LogP contribution is 2.32. The Bertz CT molecular complexity index is 439. The van der Waals surface area contributed by atoms with Crippen LogP contribution in [0.3, 0.4) is 0 Å². The molecule has 4 nitrogen and oxygen atoms in total. The van der Waals surface area contributed by atoms with E-state index in [1.165, 1.54) is 12.3 Å². The first-order valence-electron chi connectivity index (χ1n) is 6.21. The molecule has 0 aromatic carbocycles. The zero-order valence-corrected chi connectivity index (χ0v) is 10.6. The van der Waals surface area contributed by atoms with E-state index in [-0.39, 0.29) is 0 Å². The van der Waals surface area contributed by atoms with Crippen LogP contribution in [0.5, 0.6) is 11.6 Å². The van der Waals surface area contributed by atoms with Crippen molar-refractivity contribution in [1.82, 2.24) is 4.98 Å². The van der Waals surface area contributed by atoms with Gasteiger partial charge in [-0.3, -0.25) is 0 Å². The van der Waals surface area contributed by atoms with Gasteiger partial charge in [0.25, 0.3) is 5.88 Å². The van der Waals surface area contributed by atoms with Crippen molar-refractivity contribution in [3.8, 4) is 11.6 Å². The highest BCUT2D eigenvalue weighted by Gasteiger charge is 2.19. The molecule has 112 valence electrons. The molecule has 0 saturated carbocycles. The lowest BCUT2D eigenvalue weighted by molar-refractivity contribution is -0.0715. The normalized spacial score (nSPS) is 15.8. The number of hydrogen-bond donors (Lipinski definition) is 0. The van der Waals surface area contributed by atoms with Gasteiger partial charge in [-0.2, -0.15) is 17.6 Å². The number of aromatic nitrogens is 1. The van der Waals surface area contributed by atoms with Gasteiger partial charge in [-0.25, -0.2) is 4.98 Å². The van der Waals surface area contributed by atoms with E-state index in [2.05, 4.69) is 14.5 Å². The molecule has 2 rings (SSSR count). The third-order valence-corrected chi connectivity index (χ3v) is 2.94. The number of piperidine rings is 1. The van der Waals surface area contributed by atoms with E-state index in [9.17, 15) is 17.6 Å². The third-order valence-electron chi connectivity index (χ3n) is 2.94. The number of hydrogen-bond acceptors (Lipinski definition) is 4. The van der Waals surface area contributed by atoms with Gasteiger partial charge in [-0.15, -0.1) is 0 Å². The van der Waals surface area contributed by atoms with Crippen molar-refractivity contribution >= 4 is 5.69 Å². The topological polar surface area (TPSA) is 34.6 Å². The number of nitrogens with zero attached hydrogens (tertiary/aromatic N) is 2. The van der Waals surface area contributed by atoms with Crippen molar-refractivity contribution in [2.75, 3.05) is 18.0 Å². The molecule has 2 heterocycles. The molecular formula is C12H14F4N2O2. The first kappa shape index (κ1) is 14.7. The Labute approximate surface area is 113 Å². The van der Waals surface area contributed by atoms with Crippen LogP contribution >= 0.6 is 0 Å². The molecule has 1 aromatic rings. The zero-order chi connectivity index (χ0) is 14.5. The molecule has 1 aromatic heterocycles. The van der Waals surface area contributed by atoms with Crippen LogP contribution in [0.4, 0.5) is 23.2 Å². The molecule has 0 bridgehead atoms. The van der Waals surface area contributed by atoms with Crippen LogP contribution < -0.4 is 14.4 Å². The predicted molar refractivity (Wildman–Crippen MR) is 63.6 cm³/mol. The van der Waals surface area contributed by atoms with Gasteiger partial charge in [0.05, 0.1) is 11.9 Å². The molecule has 0 spiro atoms. The highest BCUT2D eigenvalue weighted by atomic mass is 19.3. The Balaban J connectivity index is 2.22. The average Bonchev–Trinajstić information content (AvgIpc) is 2.40. The van der Waals surface area contributed by atoms with Crippen molar-refractivity contribution in [2.24, 2.45) is 0 Å². The van der Waals surface area contributed by atoms with Crippen LogP contribution in [0.25, 0.3) is 0 Å². The SMILES string of the molecule is FC(F)Oc1cc(N2CCCCC2)cnc1OC(F)F. The number of rotatable bonds is 5. The lowest BCUT2D eigenvalue weighted by Crippen LogP contribution is -2.29. The first-order chi connectivity index (χ1) is 9.56. The Kier molecular flexibility index (Phi) is 4.86. The van der Waals surface area contributed by atoms with E-state index < -0.39 is 24.9 Å². The molecule has 0 amide bonds. The summed E-state index contributed by atoms with van der Waals surface area (Å²) in [6.07, 6.45) is 4.40. The summed E-state index contributed by atoms with van der Waals surface area (Å²) >= 11 is 0. The maximum atomic E-state index is 12.3. The van der Waals surface area contributed by atoms with Crippen LogP contribution in [0, 0.1) is 0 Å². The van der Waals surface area contributed by atoms with Crippen molar-refractivity contribution < 1.29 is 27.0 Å². The van der Waals surface area contributed by atoms with Gasteiger partial charge in [-0.1, -0.05) is 0 Å². The second-order valence-electron chi connectivity index (χ2n) is 4.30. The van der Waals surface area contributed by atoms with E-state index >= 15 is 0 Å². The molecule has 1 aliphatic rings.